The number of methoxy groups -OCH3 is 2. The van der Waals surface area contributed by atoms with Crippen LogP contribution in [-0.4, -0.2) is 25.5 Å². The molecule has 1 aromatic rings. The molecule has 0 bridgehead atoms. The van der Waals surface area contributed by atoms with Crippen molar-refractivity contribution in [3.05, 3.63) is 23.8 Å². The normalized spacial score (nSPS) is 14.4. The van der Waals surface area contributed by atoms with Crippen LogP contribution in [-0.2, 0) is 5.60 Å². The summed E-state index contributed by atoms with van der Waals surface area (Å²) < 4.78 is 48.7. The Kier molecular flexibility index (Phi) is 4.27. The first-order chi connectivity index (χ1) is 8.80. The van der Waals surface area contributed by atoms with Crippen LogP contribution in [0.5, 0.6) is 11.5 Å². The van der Waals surface area contributed by atoms with Gasteiger partial charge in [0.25, 0.3) is 0 Å². The predicted molar refractivity (Wildman–Crippen MR) is 59.7 cm³/mol. The van der Waals surface area contributed by atoms with E-state index >= 15 is 0 Å². The van der Waals surface area contributed by atoms with Crippen molar-refractivity contribution < 1.29 is 27.8 Å². The van der Waals surface area contributed by atoms with E-state index in [1.54, 1.807) is 0 Å². The van der Waals surface area contributed by atoms with Gasteiger partial charge in [-0.15, -0.1) is 0 Å². The van der Waals surface area contributed by atoms with Crippen LogP contribution in [0.3, 0.4) is 0 Å². The van der Waals surface area contributed by atoms with Gasteiger partial charge in [0.05, 0.1) is 26.7 Å². The maximum atomic E-state index is 13.0. The van der Waals surface area contributed by atoms with E-state index in [0.717, 1.165) is 6.07 Å². The average molecular weight is 275 g/mol. The lowest BCUT2D eigenvalue weighted by Gasteiger charge is -2.30. The molecule has 0 saturated carbocycles. The molecule has 1 aromatic carbocycles. The minimum Gasteiger partial charge on any atom is -0.497 e. The van der Waals surface area contributed by atoms with Crippen molar-refractivity contribution in [2.45, 2.75) is 18.2 Å². The molecule has 0 fully saturated rings. The summed E-state index contributed by atoms with van der Waals surface area (Å²) >= 11 is 0. The molecule has 4 nitrogen and oxygen atoms in total. The number of halogens is 3. The molecule has 1 N–H and O–H groups in total. The molecule has 7 heteroatoms. The fraction of sp³-hybridized carbons (Fsp3) is 0.417. The van der Waals surface area contributed by atoms with Gasteiger partial charge < -0.3 is 14.6 Å². The zero-order chi connectivity index (χ0) is 14.7. The topological polar surface area (TPSA) is 62.5 Å². The summed E-state index contributed by atoms with van der Waals surface area (Å²) in [5.41, 5.74) is -3.80. The van der Waals surface area contributed by atoms with Gasteiger partial charge in [-0.25, -0.2) is 0 Å². The Bertz CT molecular complexity index is 496. The maximum absolute atomic E-state index is 13.0. The number of ether oxygens (including phenoxy) is 2. The number of aliphatic hydroxyl groups is 1. The molecular formula is C12H12F3NO3. The highest BCUT2D eigenvalue weighted by molar-refractivity contribution is 5.45. The van der Waals surface area contributed by atoms with Crippen LogP contribution in [0, 0.1) is 11.3 Å². The highest BCUT2D eigenvalue weighted by Gasteiger charge is 2.56. The zero-order valence-corrected chi connectivity index (χ0v) is 10.3. The van der Waals surface area contributed by atoms with Crippen molar-refractivity contribution in [3.8, 4) is 17.6 Å². The Labute approximate surface area is 108 Å². The molecule has 0 aliphatic rings. The molecule has 0 heterocycles. The molecule has 1 rings (SSSR count). The van der Waals surface area contributed by atoms with Gasteiger partial charge in [0.1, 0.15) is 11.5 Å². The first-order valence-corrected chi connectivity index (χ1v) is 5.18. The molecule has 0 aliphatic heterocycles. The van der Waals surface area contributed by atoms with E-state index in [0.29, 0.717) is 0 Å². The second kappa shape index (κ2) is 5.36. The number of alkyl halides is 3. The Morgan fingerprint density at radius 2 is 1.89 bits per heavy atom. The van der Waals surface area contributed by atoms with Crippen molar-refractivity contribution in [1.82, 2.24) is 0 Å². The van der Waals surface area contributed by atoms with E-state index in [4.69, 9.17) is 14.7 Å². The molecule has 0 spiro atoms. The van der Waals surface area contributed by atoms with Gasteiger partial charge >= 0.3 is 6.18 Å². The second-order valence-corrected chi connectivity index (χ2v) is 3.76. The minimum absolute atomic E-state index is 0.200. The van der Waals surface area contributed by atoms with Crippen LogP contribution in [0.2, 0.25) is 0 Å². The van der Waals surface area contributed by atoms with Crippen LogP contribution in [0.25, 0.3) is 0 Å². The summed E-state index contributed by atoms with van der Waals surface area (Å²) in [5.74, 6) is 0.0801. The molecule has 1 atom stereocenters. The second-order valence-electron chi connectivity index (χ2n) is 3.76. The number of rotatable bonds is 4. The number of hydrogen-bond acceptors (Lipinski definition) is 4. The van der Waals surface area contributed by atoms with Crippen molar-refractivity contribution in [3.63, 3.8) is 0 Å². The van der Waals surface area contributed by atoms with E-state index in [9.17, 15) is 18.3 Å². The smallest absolute Gasteiger partial charge is 0.422 e. The van der Waals surface area contributed by atoms with E-state index in [2.05, 4.69) is 0 Å². The standard InChI is InChI=1S/C12H12F3NO3/c1-18-8-3-4-9(10(7-8)19-2)11(17,5-6-16)12(13,14)15/h3-4,7,17H,5H2,1-2H3. The highest BCUT2D eigenvalue weighted by Crippen LogP contribution is 2.45. The molecule has 0 aliphatic carbocycles. The third kappa shape index (κ3) is 2.74. The van der Waals surface area contributed by atoms with Gasteiger partial charge in [0, 0.05) is 11.6 Å². The summed E-state index contributed by atoms with van der Waals surface area (Å²) in [6.45, 7) is 0. The van der Waals surface area contributed by atoms with Crippen molar-refractivity contribution >= 4 is 0 Å². The Morgan fingerprint density at radius 3 is 2.32 bits per heavy atom. The van der Waals surface area contributed by atoms with Crippen LogP contribution >= 0.6 is 0 Å². The largest absolute Gasteiger partial charge is 0.497 e. The highest BCUT2D eigenvalue weighted by atomic mass is 19.4. The maximum Gasteiger partial charge on any atom is 0.422 e. The fourth-order valence-electron chi connectivity index (χ4n) is 1.60. The number of nitrogens with zero attached hydrogens (tertiary/aromatic N) is 1. The quantitative estimate of drug-likeness (QED) is 0.916. The van der Waals surface area contributed by atoms with Crippen LogP contribution in [0.15, 0.2) is 18.2 Å². The van der Waals surface area contributed by atoms with E-state index in [1.807, 2.05) is 0 Å². The molecule has 1 unspecified atom stereocenters. The number of nitriles is 1. The van der Waals surface area contributed by atoms with Gasteiger partial charge in [0.15, 0.2) is 0 Å². The predicted octanol–water partition coefficient (Wildman–Crippen LogP) is 2.37. The number of benzene rings is 1. The van der Waals surface area contributed by atoms with E-state index < -0.39 is 23.8 Å². The summed E-state index contributed by atoms with van der Waals surface area (Å²) in [7, 11) is 2.52. The van der Waals surface area contributed by atoms with Gasteiger partial charge in [-0.05, 0) is 12.1 Å². The molecular weight excluding hydrogens is 263 g/mol. The summed E-state index contributed by atoms with van der Waals surface area (Å²) in [6.07, 6.45) is -6.12. The molecule has 0 saturated heterocycles. The van der Waals surface area contributed by atoms with Gasteiger partial charge in [0.2, 0.25) is 5.60 Å². The lowest BCUT2D eigenvalue weighted by molar-refractivity contribution is -0.265. The van der Waals surface area contributed by atoms with Gasteiger partial charge in [-0.2, -0.15) is 18.4 Å². The Balaban J connectivity index is 3.44. The third-order valence-corrected chi connectivity index (χ3v) is 2.66. The van der Waals surface area contributed by atoms with E-state index in [1.165, 1.54) is 32.4 Å². The third-order valence-electron chi connectivity index (χ3n) is 2.66. The molecule has 0 amide bonds. The number of hydrogen-bond donors (Lipinski definition) is 1. The summed E-state index contributed by atoms with van der Waals surface area (Å²) in [4.78, 5) is 0. The fourth-order valence-corrected chi connectivity index (χ4v) is 1.60. The SMILES string of the molecule is COc1ccc(C(O)(CC#N)C(F)(F)F)c(OC)c1. The average Bonchev–Trinajstić information content (AvgIpc) is 2.36. The molecule has 0 aromatic heterocycles. The van der Waals surface area contributed by atoms with Crippen molar-refractivity contribution in [2.24, 2.45) is 0 Å². The zero-order valence-electron chi connectivity index (χ0n) is 10.3. The molecule has 0 radical (unpaired) electrons. The van der Waals surface area contributed by atoms with Gasteiger partial charge in [-0.1, -0.05) is 0 Å². The molecule has 104 valence electrons. The van der Waals surface area contributed by atoms with Crippen LogP contribution < -0.4 is 9.47 Å². The Hall–Kier alpha value is -1.94. The van der Waals surface area contributed by atoms with E-state index in [-0.39, 0.29) is 11.5 Å². The lowest BCUT2D eigenvalue weighted by Crippen LogP contribution is -2.42. The van der Waals surface area contributed by atoms with Crippen molar-refractivity contribution in [2.75, 3.05) is 14.2 Å². The summed E-state index contributed by atoms with van der Waals surface area (Å²) in [5, 5.41) is 18.3. The first-order valence-electron chi connectivity index (χ1n) is 5.18. The Morgan fingerprint density at radius 1 is 1.26 bits per heavy atom. The van der Waals surface area contributed by atoms with Crippen LogP contribution in [0.4, 0.5) is 13.2 Å². The first kappa shape index (κ1) is 15.1. The minimum atomic E-state index is -5.00. The van der Waals surface area contributed by atoms with Gasteiger partial charge in [-0.3, -0.25) is 0 Å². The molecule has 19 heavy (non-hydrogen) atoms. The van der Waals surface area contributed by atoms with Crippen LogP contribution in [0.1, 0.15) is 12.0 Å². The van der Waals surface area contributed by atoms with Crippen molar-refractivity contribution in [1.29, 1.82) is 5.26 Å². The lowest BCUT2D eigenvalue weighted by atomic mass is 9.89. The summed E-state index contributed by atoms with van der Waals surface area (Å²) in [6, 6.07) is 4.83. The monoisotopic (exact) mass is 275 g/mol.